The van der Waals surface area contributed by atoms with Gasteiger partial charge in [0.15, 0.2) is 0 Å². The quantitative estimate of drug-likeness (QED) is 0.561. The smallest absolute Gasteiger partial charge is 0.129 e. The van der Waals surface area contributed by atoms with Gasteiger partial charge in [-0.1, -0.05) is 0 Å². The van der Waals surface area contributed by atoms with Crippen molar-refractivity contribution in [3.63, 3.8) is 0 Å². The molecule has 0 aromatic rings. The van der Waals surface area contributed by atoms with Gasteiger partial charge in [-0.2, -0.15) is 0 Å². The average molecular weight is 183 g/mol. The molecular formula is C6H19N2O2S+. The van der Waals surface area contributed by atoms with E-state index in [1.165, 1.54) is 6.54 Å². The van der Waals surface area contributed by atoms with E-state index < -0.39 is 11.6 Å². The average Bonchev–Trinajstić information content (AvgIpc) is 1.84. The van der Waals surface area contributed by atoms with E-state index in [0.29, 0.717) is 0 Å². The van der Waals surface area contributed by atoms with Crippen LogP contribution in [0.1, 0.15) is 6.42 Å². The molecule has 2 N–H and O–H groups in total. The third kappa shape index (κ3) is 25.8. The van der Waals surface area contributed by atoms with Crippen LogP contribution in [0, 0.1) is 0 Å². The van der Waals surface area contributed by atoms with Crippen molar-refractivity contribution in [1.82, 2.24) is 0 Å². The van der Waals surface area contributed by atoms with Crippen LogP contribution in [0.25, 0.3) is 0 Å². The summed E-state index contributed by atoms with van der Waals surface area (Å²) in [5.74, 6) is 0. The van der Waals surface area contributed by atoms with Crippen LogP contribution >= 0.6 is 0 Å². The fourth-order valence-electron chi connectivity index (χ4n) is 0.566. The Morgan fingerprint density at radius 2 is 1.64 bits per heavy atom. The fraction of sp³-hybridized carbons (Fsp3) is 1.00. The van der Waals surface area contributed by atoms with Crippen LogP contribution in [-0.2, 0) is 11.6 Å². The zero-order valence-electron chi connectivity index (χ0n) is 7.46. The molecule has 0 unspecified atom stereocenters. The first-order chi connectivity index (χ1) is 4.97. The zero-order chi connectivity index (χ0) is 9.33. The lowest BCUT2D eigenvalue weighted by molar-refractivity contribution is -0.870. The van der Waals surface area contributed by atoms with Crippen LogP contribution in [0.15, 0.2) is 0 Å². The molecule has 0 saturated heterocycles. The van der Waals surface area contributed by atoms with Crippen molar-refractivity contribution in [2.45, 2.75) is 6.42 Å². The van der Waals surface area contributed by atoms with E-state index >= 15 is 0 Å². The van der Waals surface area contributed by atoms with E-state index in [-0.39, 0.29) is 0 Å². The maximum Gasteiger partial charge on any atom is 0.129 e. The van der Waals surface area contributed by atoms with Gasteiger partial charge in [-0.15, -0.1) is 0 Å². The van der Waals surface area contributed by atoms with Crippen molar-refractivity contribution in [2.24, 2.45) is 5.73 Å². The third-order valence-electron chi connectivity index (χ3n) is 1.03. The summed E-state index contributed by atoms with van der Waals surface area (Å²) in [5, 5.41) is 0. The molecule has 0 aliphatic heterocycles. The van der Waals surface area contributed by atoms with Crippen LogP contribution in [0.4, 0.5) is 0 Å². The number of quaternary nitrogens is 1. The Kier molecular flexibility index (Phi) is 9.75. The standard InChI is InChI=1S/C6H17N2.H2O2S/c1-8(2,3)6-4-5-7;1-3-2/h4-7H2,1-3H3;3H2/q+1;. The Morgan fingerprint density at radius 1 is 1.27 bits per heavy atom. The van der Waals surface area contributed by atoms with Gasteiger partial charge < -0.3 is 10.2 Å². The Bertz CT molecular complexity index is 116. The SMILES string of the molecule is C[N+](C)(C)CCCN.O=[SH2]=O. The predicted molar refractivity (Wildman–Crippen MR) is 48.3 cm³/mol. The molecule has 70 valence electrons. The highest BCUT2D eigenvalue weighted by Gasteiger charge is 2.03. The minimum Gasteiger partial charge on any atom is -0.331 e. The number of hydrogen-bond acceptors (Lipinski definition) is 3. The molecule has 0 amide bonds. The van der Waals surface area contributed by atoms with E-state index in [1.54, 1.807) is 0 Å². The maximum atomic E-state index is 8.40. The van der Waals surface area contributed by atoms with Gasteiger partial charge in [0.1, 0.15) is 11.6 Å². The first-order valence-corrected chi connectivity index (χ1v) is 4.29. The summed E-state index contributed by atoms with van der Waals surface area (Å²) in [6.07, 6.45) is 1.13. The van der Waals surface area contributed by atoms with E-state index in [4.69, 9.17) is 14.2 Å². The summed E-state index contributed by atoms with van der Waals surface area (Å²) in [6.45, 7) is 1.99. The molecular weight excluding hydrogens is 164 g/mol. The predicted octanol–water partition coefficient (Wildman–Crippen LogP) is -1.16. The molecule has 0 fully saturated rings. The summed E-state index contributed by atoms with van der Waals surface area (Å²) in [7, 11) is 6.53. The van der Waals surface area contributed by atoms with Crippen molar-refractivity contribution >= 4 is 11.6 Å². The normalized spacial score (nSPS) is 10.2. The van der Waals surface area contributed by atoms with Gasteiger partial charge in [0.2, 0.25) is 0 Å². The van der Waals surface area contributed by atoms with Crippen molar-refractivity contribution in [2.75, 3.05) is 34.2 Å². The van der Waals surface area contributed by atoms with Gasteiger partial charge in [-0.25, -0.2) is 8.42 Å². The summed E-state index contributed by atoms with van der Waals surface area (Å²) >= 11 is -1.42. The second-order valence-electron chi connectivity index (χ2n) is 3.24. The van der Waals surface area contributed by atoms with Gasteiger partial charge in [-0.05, 0) is 6.54 Å². The Balaban J connectivity index is 0. The van der Waals surface area contributed by atoms with Gasteiger partial charge in [0.25, 0.3) is 0 Å². The second kappa shape index (κ2) is 7.97. The highest BCUT2D eigenvalue weighted by Crippen LogP contribution is 1.90. The van der Waals surface area contributed by atoms with Crippen molar-refractivity contribution in [3.8, 4) is 0 Å². The van der Waals surface area contributed by atoms with Crippen LogP contribution in [0.5, 0.6) is 0 Å². The lowest BCUT2D eigenvalue weighted by Crippen LogP contribution is -2.36. The molecule has 0 bridgehead atoms. The van der Waals surface area contributed by atoms with Crippen molar-refractivity contribution in [1.29, 1.82) is 0 Å². The topological polar surface area (TPSA) is 60.2 Å². The molecule has 0 spiro atoms. The molecule has 0 radical (unpaired) electrons. The van der Waals surface area contributed by atoms with Crippen LogP contribution < -0.4 is 5.73 Å². The zero-order valence-corrected chi connectivity index (χ0v) is 8.46. The molecule has 0 heterocycles. The van der Waals surface area contributed by atoms with E-state index in [9.17, 15) is 0 Å². The Hall–Kier alpha value is -0.130. The molecule has 0 aliphatic rings. The molecule has 0 aliphatic carbocycles. The summed E-state index contributed by atoms with van der Waals surface area (Å²) in [5.41, 5.74) is 5.33. The van der Waals surface area contributed by atoms with E-state index in [0.717, 1.165) is 17.4 Å². The molecule has 0 aromatic heterocycles. The minimum absolute atomic E-state index is 0.815. The lowest BCUT2D eigenvalue weighted by atomic mass is 10.4. The Morgan fingerprint density at radius 3 is 1.73 bits per heavy atom. The first-order valence-electron chi connectivity index (χ1n) is 3.47. The fourth-order valence-corrected chi connectivity index (χ4v) is 0.566. The molecule has 11 heavy (non-hydrogen) atoms. The molecule has 4 nitrogen and oxygen atoms in total. The lowest BCUT2D eigenvalue weighted by Gasteiger charge is -2.23. The largest absolute Gasteiger partial charge is 0.331 e. The maximum absolute atomic E-state index is 8.40. The van der Waals surface area contributed by atoms with Crippen LogP contribution in [0.2, 0.25) is 0 Å². The summed E-state index contributed by atoms with van der Waals surface area (Å²) in [6, 6.07) is 0. The van der Waals surface area contributed by atoms with Gasteiger partial charge >= 0.3 is 0 Å². The Labute approximate surface area is 71.6 Å². The van der Waals surface area contributed by atoms with Crippen molar-refractivity contribution in [3.05, 3.63) is 0 Å². The number of rotatable bonds is 3. The highest BCUT2D eigenvalue weighted by molar-refractivity contribution is 7.51. The summed E-state index contributed by atoms with van der Waals surface area (Å²) in [4.78, 5) is 0. The minimum atomic E-state index is -1.42. The van der Waals surface area contributed by atoms with Gasteiger partial charge in [-0.3, -0.25) is 0 Å². The highest BCUT2D eigenvalue weighted by atomic mass is 32.1. The van der Waals surface area contributed by atoms with Crippen molar-refractivity contribution < 1.29 is 12.9 Å². The van der Waals surface area contributed by atoms with Gasteiger partial charge in [0, 0.05) is 6.42 Å². The molecule has 0 saturated carbocycles. The number of hydrogen-bond donors (Lipinski definition) is 1. The summed E-state index contributed by atoms with van der Waals surface area (Å²) < 4.78 is 17.8. The molecule has 0 atom stereocenters. The van der Waals surface area contributed by atoms with E-state index in [2.05, 4.69) is 21.1 Å². The molecule has 0 aromatic carbocycles. The number of nitrogens with zero attached hydrogens (tertiary/aromatic N) is 1. The molecule has 0 rings (SSSR count). The van der Waals surface area contributed by atoms with Crippen LogP contribution in [-0.4, -0.2) is 47.1 Å². The van der Waals surface area contributed by atoms with E-state index in [1.807, 2.05) is 0 Å². The second-order valence-corrected chi connectivity index (χ2v) is 3.41. The number of nitrogens with two attached hydrogens (primary N) is 1. The van der Waals surface area contributed by atoms with Gasteiger partial charge in [0.05, 0.1) is 27.7 Å². The molecule has 5 heteroatoms. The third-order valence-corrected chi connectivity index (χ3v) is 1.03. The first kappa shape index (κ1) is 13.5. The monoisotopic (exact) mass is 183 g/mol. The van der Waals surface area contributed by atoms with Crippen LogP contribution in [0.3, 0.4) is 0 Å².